The summed E-state index contributed by atoms with van der Waals surface area (Å²) in [5, 5.41) is 3.30. The highest BCUT2D eigenvalue weighted by Gasteiger charge is 2.13. The van der Waals surface area contributed by atoms with Crippen molar-refractivity contribution in [2.75, 3.05) is 19.0 Å². The Morgan fingerprint density at radius 1 is 1.47 bits per heavy atom. The Balaban J connectivity index is 2.24. The maximum atomic E-state index is 5.22. The van der Waals surface area contributed by atoms with E-state index in [-0.39, 0.29) is 0 Å². The third-order valence-corrected chi connectivity index (χ3v) is 2.80. The third kappa shape index (κ3) is 1.25. The van der Waals surface area contributed by atoms with E-state index in [0.717, 1.165) is 42.2 Å². The van der Waals surface area contributed by atoms with Crippen LogP contribution in [0.4, 0.5) is 5.95 Å². The first-order chi connectivity index (χ1) is 7.38. The fraction of sp³-hybridized carbons (Fsp3) is 0.364. The second-order valence-electron chi connectivity index (χ2n) is 3.72. The molecule has 0 aliphatic carbocycles. The predicted octanol–water partition coefficient (Wildman–Crippen LogP) is 1.86. The van der Waals surface area contributed by atoms with Crippen LogP contribution < -0.4 is 10.1 Å². The molecule has 1 aliphatic rings. The Morgan fingerprint density at radius 3 is 3.27 bits per heavy atom. The highest BCUT2D eigenvalue weighted by atomic mass is 16.5. The fourth-order valence-electron chi connectivity index (χ4n) is 2.03. The van der Waals surface area contributed by atoms with Crippen LogP contribution in [-0.4, -0.2) is 23.2 Å². The van der Waals surface area contributed by atoms with Crippen LogP contribution in [0.2, 0.25) is 0 Å². The molecule has 0 saturated carbocycles. The van der Waals surface area contributed by atoms with E-state index in [2.05, 4.69) is 14.9 Å². The lowest BCUT2D eigenvalue weighted by Gasteiger charge is -2.15. The summed E-state index contributed by atoms with van der Waals surface area (Å²) < 4.78 is 7.43. The van der Waals surface area contributed by atoms with Crippen LogP contribution in [-0.2, 0) is 6.54 Å². The van der Waals surface area contributed by atoms with Crippen molar-refractivity contribution in [3.05, 3.63) is 18.2 Å². The van der Waals surface area contributed by atoms with E-state index in [0.29, 0.717) is 0 Å². The molecule has 0 bridgehead atoms. The highest BCUT2D eigenvalue weighted by Crippen LogP contribution is 2.26. The van der Waals surface area contributed by atoms with Crippen molar-refractivity contribution in [2.45, 2.75) is 13.0 Å². The van der Waals surface area contributed by atoms with Gasteiger partial charge in [-0.15, -0.1) is 0 Å². The third-order valence-electron chi connectivity index (χ3n) is 2.80. The molecule has 2 heterocycles. The monoisotopic (exact) mass is 203 g/mol. The number of anilines is 1. The van der Waals surface area contributed by atoms with Crippen LogP contribution in [0.15, 0.2) is 18.2 Å². The van der Waals surface area contributed by atoms with Crippen molar-refractivity contribution in [1.82, 2.24) is 9.55 Å². The molecule has 1 aromatic heterocycles. The predicted molar refractivity (Wildman–Crippen MR) is 59.4 cm³/mol. The molecule has 4 nitrogen and oxygen atoms in total. The van der Waals surface area contributed by atoms with Gasteiger partial charge in [0.1, 0.15) is 5.75 Å². The van der Waals surface area contributed by atoms with Gasteiger partial charge in [-0.2, -0.15) is 0 Å². The minimum Gasteiger partial charge on any atom is -0.497 e. The Morgan fingerprint density at radius 2 is 2.40 bits per heavy atom. The average molecular weight is 203 g/mol. The fourth-order valence-corrected chi connectivity index (χ4v) is 2.03. The van der Waals surface area contributed by atoms with Crippen molar-refractivity contribution < 1.29 is 4.74 Å². The van der Waals surface area contributed by atoms with Gasteiger partial charge < -0.3 is 14.6 Å². The molecule has 1 aromatic carbocycles. The van der Waals surface area contributed by atoms with Gasteiger partial charge in [0, 0.05) is 19.2 Å². The molecule has 3 rings (SSSR count). The molecule has 0 fully saturated rings. The molecule has 15 heavy (non-hydrogen) atoms. The zero-order chi connectivity index (χ0) is 10.3. The summed E-state index contributed by atoms with van der Waals surface area (Å²) in [6.45, 7) is 2.05. The second-order valence-corrected chi connectivity index (χ2v) is 3.72. The van der Waals surface area contributed by atoms with E-state index in [1.807, 2.05) is 18.2 Å². The van der Waals surface area contributed by atoms with Gasteiger partial charge in [-0.05, 0) is 18.6 Å². The SMILES string of the molecule is COc1ccc2nc3n(c2c1)CCCN3. The smallest absolute Gasteiger partial charge is 0.203 e. The standard InChI is InChI=1S/C11H13N3O/c1-15-8-3-4-9-10(7-8)14-6-2-5-12-11(14)13-9/h3-4,7H,2,5-6H2,1H3,(H,12,13). The van der Waals surface area contributed by atoms with E-state index >= 15 is 0 Å². The lowest BCUT2D eigenvalue weighted by molar-refractivity contribution is 0.415. The van der Waals surface area contributed by atoms with E-state index in [1.165, 1.54) is 0 Å². The average Bonchev–Trinajstić information content (AvgIpc) is 2.66. The first kappa shape index (κ1) is 8.59. The summed E-state index contributed by atoms with van der Waals surface area (Å²) in [4.78, 5) is 4.52. The number of fused-ring (bicyclic) bond motifs is 3. The lowest BCUT2D eigenvalue weighted by atomic mass is 10.3. The minimum atomic E-state index is 0.885. The Hall–Kier alpha value is -1.71. The number of methoxy groups -OCH3 is 1. The number of benzene rings is 1. The van der Waals surface area contributed by atoms with Crippen molar-refractivity contribution >= 4 is 17.0 Å². The van der Waals surface area contributed by atoms with Gasteiger partial charge in [0.15, 0.2) is 0 Å². The van der Waals surface area contributed by atoms with E-state index in [1.54, 1.807) is 7.11 Å². The summed E-state index contributed by atoms with van der Waals surface area (Å²) in [6.07, 6.45) is 1.15. The zero-order valence-electron chi connectivity index (χ0n) is 8.66. The maximum Gasteiger partial charge on any atom is 0.203 e. The molecule has 0 saturated heterocycles. The number of hydrogen-bond donors (Lipinski definition) is 1. The topological polar surface area (TPSA) is 39.1 Å². The number of aromatic nitrogens is 2. The number of nitrogens with zero attached hydrogens (tertiary/aromatic N) is 2. The zero-order valence-corrected chi connectivity index (χ0v) is 8.66. The molecular formula is C11H13N3O. The van der Waals surface area contributed by atoms with Gasteiger partial charge in [0.2, 0.25) is 5.95 Å². The molecule has 0 spiro atoms. The summed E-state index contributed by atoms with van der Waals surface area (Å²) in [5.41, 5.74) is 2.18. The molecule has 0 atom stereocenters. The van der Waals surface area contributed by atoms with Crippen molar-refractivity contribution in [3.63, 3.8) is 0 Å². The number of hydrogen-bond acceptors (Lipinski definition) is 3. The largest absolute Gasteiger partial charge is 0.497 e. The van der Waals surface area contributed by atoms with Gasteiger partial charge in [0.05, 0.1) is 18.1 Å². The number of rotatable bonds is 1. The molecule has 0 radical (unpaired) electrons. The summed E-state index contributed by atoms with van der Waals surface area (Å²) in [5.74, 6) is 1.86. The van der Waals surface area contributed by atoms with Crippen molar-refractivity contribution in [2.24, 2.45) is 0 Å². The van der Waals surface area contributed by atoms with Gasteiger partial charge in [-0.1, -0.05) is 0 Å². The van der Waals surface area contributed by atoms with Crippen molar-refractivity contribution in [1.29, 1.82) is 0 Å². The van der Waals surface area contributed by atoms with Crippen LogP contribution in [0.5, 0.6) is 5.75 Å². The van der Waals surface area contributed by atoms with Crippen LogP contribution in [0.3, 0.4) is 0 Å². The first-order valence-corrected chi connectivity index (χ1v) is 5.16. The molecule has 2 aromatic rings. The number of imidazole rings is 1. The van der Waals surface area contributed by atoms with Crippen LogP contribution in [0.25, 0.3) is 11.0 Å². The summed E-state index contributed by atoms with van der Waals surface area (Å²) in [7, 11) is 1.69. The quantitative estimate of drug-likeness (QED) is 0.769. The summed E-state index contributed by atoms with van der Waals surface area (Å²) in [6, 6.07) is 5.99. The van der Waals surface area contributed by atoms with E-state index < -0.39 is 0 Å². The number of ether oxygens (including phenoxy) is 1. The molecule has 1 N–H and O–H groups in total. The molecule has 4 heteroatoms. The molecule has 0 amide bonds. The van der Waals surface area contributed by atoms with Gasteiger partial charge >= 0.3 is 0 Å². The molecule has 78 valence electrons. The van der Waals surface area contributed by atoms with Crippen LogP contribution in [0.1, 0.15) is 6.42 Å². The Labute approximate surface area is 87.9 Å². The van der Waals surface area contributed by atoms with Gasteiger partial charge in [-0.3, -0.25) is 0 Å². The Bertz CT molecular complexity index is 504. The second kappa shape index (κ2) is 3.15. The molecule has 1 aliphatic heterocycles. The van der Waals surface area contributed by atoms with Gasteiger partial charge in [0.25, 0.3) is 0 Å². The van der Waals surface area contributed by atoms with Crippen LogP contribution >= 0.6 is 0 Å². The number of aryl methyl sites for hydroxylation is 1. The van der Waals surface area contributed by atoms with Crippen LogP contribution in [0, 0.1) is 0 Å². The maximum absolute atomic E-state index is 5.22. The summed E-state index contributed by atoms with van der Waals surface area (Å²) >= 11 is 0. The highest BCUT2D eigenvalue weighted by molar-refractivity contribution is 5.80. The van der Waals surface area contributed by atoms with E-state index in [9.17, 15) is 0 Å². The van der Waals surface area contributed by atoms with E-state index in [4.69, 9.17) is 4.74 Å². The van der Waals surface area contributed by atoms with Gasteiger partial charge in [-0.25, -0.2) is 4.98 Å². The Kier molecular flexibility index (Phi) is 1.80. The first-order valence-electron chi connectivity index (χ1n) is 5.16. The van der Waals surface area contributed by atoms with Crippen molar-refractivity contribution in [3.8, 4) is 5.75 Å². The number of nitrogens with one attached hydrogen (secondary N) is 1. The molecule has 0 unspecified atom stereocenters. The minimum absolute atomic E-state index is 0.885. The normalized spacial score (nSPS) is 14.7. The molecular weight excluding hydrogens is 190 g/mol. The lowest BCUT2D eigenvalue weighted by Crippen LogP contribution is -2.16.